The molecular formula is C17H19N5O. The minimum atomic E-state index is 0.337. The predicted molar refractivity (Wildman–Crippen MR) is 87.0 cm³/mol. The second-order valence-corrected chi connectivity index (χ2v) is 5.58. The molecule has 23 heavy (non-hydrogen) atoms. The Hall–Kier alpha value is -2.65. The number of rotatable bonds is 5. The molecule has 1 aromatic heterocycles. The number of nitrogens with zero attached hydrogens (tertiary/aromatic N) is 4. The maximum absolute atomic E-state index is 9.18. The van der Waals surface area contributed by atoms with Crippen molar-refractivity contribution in [2.45, 2.75) is 19.0 Å². The molecule has 1 aromatic carbocycles. The largest absolute Gasteiger partial charge is 0.481 e. The molecule has 2 aromatic rings. The second-order valence-electron chi connectivity index (χ2n) is 5.58. The summed E-state index contributed by atoms with van der Waals surface area (Å²) in [7, 11) is 1.59. The fourth-order valence-corrected chi connectivity index (χ4v) is 2.84. The van der Waals surface area contributed by atoms with Gasteiger partial charge in [0.15, 0.2) is 0 Å². The molecule has 1 unspecified atom stereocenters. The van der Waals surface area contributed by atoms with Crippen molar-refractivity contribution in [3.05, 3.63) is 47.8 Å². The van der Waals surface area contributed by atoms with Crippen molar-refractivity contribution in [2.75, 3.05) is 25.5 Å². The van der Waals surface area contributed by atoms with Crippen molar-refractivity contribution >= 4 is 5.82 Å². The normalized spacial score (nSPS) is 17.7. The Balaban J connectivity index is 1.59. The van der Waals surface area contributed by atoms with Crippen LogP contribution in [0.3, 0.4) is 0 Å². The molecule has 1 saturated heterocycles. The Morgan fingerprint density at radius 3 is 3.09 bits per heavy atom. The van der Waals surface area contributed by atoms with Crippen LogP contribution in [0.5, 0.6) is 5.88 Å². The average molecular weight is 309 g/mol. The highest BCUT2D eigenvalue weighted by Gasteiger charge is 2.23. The van der Waals surface area contributed by atoms with E-state index in [4.69, 9.17) is 4.74 Å². The van der Waals surface area contributed by atoms with Gasteiger partial charge in [0, 0.05) is 31.7 Å². The van der Waals surface area contributed by atoms with Crippen LogP contribution in [-0.4, -0.2) is 41.1 Å². The van der Waals surface area contributed by atoms with E-state index in [1.807, 2.05) is 24.3 Å². The molecule has 6 nitrogen and oxygen atoms in total. The summed E-state index contributed by atoms with van der Waals surface area (Å²) in [5.74, 6) is 1.33. The summed E-state index contributed by atoms with van der Waals surface area (Å²) in [6, 6.07) is 12.2. The maximum Gasteiger partial charge on any atom is 0.218 e. The quantitative estimate of drug-likeness (QED) is 0.911. The Bertz CT molecular complexity index is 712. The summed E-state index contributed by atoms with van der Waals surface area (Å²) in [4.78, 5) is 10.6. The molecule has 0 aliphatic carbocycles. The summed E-state index contributed by atoms with van der Waals surface area (Å²) >= 11 is 0. The Morgan fingerprint density at radius 1 is 1.39 bits per heavy atom. The number of hydrogen-bond acceptors (Lipinski definition) is 6. The van der Waals surface area contributed by atoms with Crippen molar-refractivity contribution in [1.82, 2.24) is 14.9 Å². The Labute approximate surface area is 135 Å². The standard InChI is InChI=1S/C17H19N5O/c1-23-17-8-16(19-12-20-17)21-15-6-7-22(11-15)10-14-5-3-2-4-13(14)9-18/h2-5,8,12,15H,6-7,10-11H2,1H3,(H,19,20,21). The third-order valence-corrected chi connectivity index (χ3v) is 4.01. The fourth-order valence-electron chi connectivity index (χ4n) is 2.84. The van der Waals surface area contributed by atoms with Gasteiger partial charge in [-0.3, -0.25) is 4.90 Å². The number of anilines is 1. The first-order valence-electron chi connectivity index (χ1n) is 7.61. The van der Waals surface area contributed by atoms with Crippen molar-refractivity contribution in [1.29, 1.82) is 5.26 Å². The third kappa shape index (κ3) is 3.76. The summed E-state index contributed by atoms with van der Waals surface area (Å²) < 4.78 is 5.11. The van der Waals surface area contributed by atoms with Crippen molar-refractivity contribution < 1.29 is 4.74 Å². The van der Waals surface area contributed by atoms with Gasteiger partial charge in [-0.2, -0.15) is 5.26 Å². The van der Waals surface area contributed by atoms with Crippen LogP contribution in [0.2, 0.25) is 0 Å². The van der Waals surface area contributed by atoms with E-state index in [-0.39, 0.29) is 0 Å². The van der Waals surface area contributed by atoms with Gasteiger partial charge in [0.1, 0.15) is 12.1 Å². The van der Waals surface area contributed by atoms with Crippen LogP contribution in [0.15, 0.2) is 36.7 Å². The van der Waals surface area contributed by atoms with Gasteiger partial charge in [-0.25, -0.2) is 9.97 Å². The number of methoxy groups -OCH3 is 1. The van der Waals surface area contributed by atoms with Crippen molar-refractivity contribution in [3.63, 3.8) is 0 Å². The minimum absolute atomic E-state index is 0.337. The highest BCUT2D eigenvalue weighted by molar-refractivity contribution is 5.39. The molecule has 1 aliphatic rings. The van der Waals surface area contributed by atoms with Crippen molar-refractivity contribution in [3.8, 4) is 11.9 Å². The van der Waals surface area contributed by atoms with Crippen LogP contribution in [0.1, 0.15) is 17.5 Å². The van der Waals surface area contributed by atoms with Gasteiger partial charge in [-0.15, -0.1) is 0 Å². The zero-order valence-electron chi connectivity index (χ0n) is 13.1. The van der Waals surface area contributed by atoms with Crippen LogP contribution in [0.25, 0.3) is 0 Å². The Kier molecular flexibility index (Phi) is 4.69. The van der Waals surface area contributed by atoms with E-state index in [1.165, 1.54) is 6.33 Å². The molecule has 118 valence electrons. The van der Waals surface area contributed by atoms with E-state index in [0.29, 0.717) is 11.9 Å². The Morgan fingerprint density at radius 2 is 2.26 bits per heavy atom. The summed E-state index contributed by atoms with van der Waals surface area (Å²) in [5.41, 5.74) is 1.84. The van der Waals surface area contributed by atoms with E-state index in [0.717, 1.165) is 43.0 Å². The molecule has 0 spiro atoms. The SMILES string of the molecule is COc1cc(NC2CCN(Cc3ccccc3C#N)C2)ncn1. The molecule has 0 saturated carbocycles. The lowest BCUT2D eigenvalue weighted by Gasteiger charge is -2.17. The number of nitriles is 1. The number of likely N-dealkylation sites (tertiary alicyclic amines) is 1. The highest BCUT2D eigenvalue weighted by Crippen LogP contribution is 2.19. The van der Waals surface area contributed by atoms with Crippen LogP contribution in [-0.2, 0) is 6.54 Å². The first kappa shape index (κ1) is 15.3. The zero-order valence-corrected chi connectivity index (χ0v) is 13.1. The van der Waals surface area contributed by atoms with Crippen LogP contribution in [0, 0.1) is 11.3 Å². The number of nitrogens with one attached hydrogen (secondary N) is 1. The molecule has 1 aliphatic heterocycles. The first-order valence-corrected chi connectivity index (χ1v) is 7.61. The molecular weight excluding hydrogens is 290 g/mol. The van der Waals surface area contributed by atoms with Crippen molar-refractivity contribution in [2.24, 2.45) is 0 Å². The first-order chi connectivity index (χ1) is 11.3. The fraction of sp³-hybridized carbons (Fsp3) is 0.353. The van der Waals surface area contributed by atoms with Crippen LogP contribution in [0.4, 0.5) is 5.82 Å². The highest BCUT2D eigenvalue weighted by atomic mass is 16.5. The van der Waals surface area contributed by atoms with E-state index < -0.39 is 0 Å². The monoisotopic (exact) mass is 309 g/mol. The number of ether oxygens (including phenoxy) is 1. The van der Waals surface area contributed by atoms with Crippen LogP contribution < -0.4 is 10.1 Å². The van der Waals surface area contributed by atoms with Gasteiger partial charge in [-0.05, 0) is 18.1 Å². The van der Waals surface area contributed by atoms with E-state index in [1.54, 1.807) is 13.2 Å². The van der Waals surface area contributed by atoms with Gasteiger partial charge < -0.3 is 10.1 Å². The lowest BCUT2D eigenvalue weighted by Crippen LogP contribution is -2.26. The molecule has 1 fully saturated rings. The van der Waals surface area contributed by atoms with E-state index >= 15 is 0 Å². The predicted octanol–water partition coefficient (Wildman–Crippen LogP) is 2.04. The number of hydrogen-bond donors (Lipinski definition) is 1. The molecule has 2 heterocycles. The lowest BCUT2D eigenvalue weighted by molar-refractivity contribution is 0.328. The van der Waals surface area contributed by atoms with Gasteiger partial charge >= 0.3 is 0 Å². The smallest absolute Gasteiger partial charge is 0.218 e. The van der Waals surface area contributed by atoms with Gasteiger partial charge in [0.2, 0.25) is 5.88 Å². The van der Waals surface area contributed by atoms with E-state index in [9.17, 15) is 5.26 Å². The van der Waals surface area contributed by atoms with Gasteiger partial charge in [0.05, 0.1) is 18.7 Å². The third-order valence-electron chi connectivity index (χ3n) is 4.01. The molecule has 0 amide bonds. The summed E-state index contributed by atoms with van der Waals surface area (Å²) in [6.45, 7) is 2.72. The molecule has 3 rings (SSSR count). The maximum atomic E-state index is 9.18. The summed E-state index contributed by atoms with van der Waals surface area (Å²) in [5, 5.41) is 12.6. The van der Waals surface area contributed by atoms with Gasteiger partial charge in [0.25, 0.3) is 0 Å². The van der Waals surface area contributed by atoms with Gasteiger partial charge in [-0.1, -0.05) is 18.2 Å². The second kappa shape index (κ2) is 7.07. The van der Waals surface area contributed by atoms with E-state index in [2.05, 4.69) is 26.3 Å². The summed E-state index contributed by atoms with van der Waals surface area (Å²) in [6.07, 6.45) is 2.54. The molecule has 1 N–H and O–H groups in total. The average Bonchev–Trinajstić information content (AvgIpc) is 3.02. The number of aromatic nitrogens is 2. The topological polar surface area (TPSA) is 74.1 Å². The zero-order chi connectivity index (χ0) is 16.1. The minimum Gasteiger partial charge on any atom is -0.481 e. The number of benzene rings is 1. The lowest BCUT2D eigenvalue weighted by atomic mass is 10.1. The molecule has 6 heteroatoms. The molecule has 1 atom stereocenters. The molecule has 0 bridgehead atoms. The molecule has 0 radical (unpaired) electrons. The van der Waals surface area contributed by atoms with Crippen LogP contribution >= 0.6 is 0 Å².